The predicted octanol–water partition coefficient (Wildman–Crippen LogP) is 2.96. The fourth-order valence-electron chi connectivity index (χ4n) is 4.47. The predicted molar refractivity (Wildman–Crippen MR) is 114 cm³/mol. The first kappa shape index (κ1) is 20.6. The Balaban J connectivity index is 1.66. The molecule has 3 aromatic heterocycles. The summed E-state index contributed by atoms with van der Waals surface area (Å²) in [6.45, 7) is 0. The van der Waals surface area contributed by atoms with Gasteiger partial charge in [0.1, 0.15) is 20.0 Å². The Kier molecular flexibility index (Phi) is 4.76. The van der Waals surface area contributed by atoms with Crippen molar-refractivity contribution in [2.45, 2.75) is 31.4 Å². The lowest BCUT2D eigenvalue weighted by Gasteiger charge is -2.33. The molecule has 2 radical (unpaired) electrons. The van der Waals surface area contributed by atoms with Gasteiger partial charge in [0.2, 0.25) is 0 Å². The van der Waals surface area contributed by atoms with Crippen LogP contribution in [-0.2, 0) is 13.2 Å². The number of hydrogen-bond acceptors (Lipinski definition) is 3. The van der Waals surface area contributed by atoms with Gasteiger partial charge in [-0.2, -0.15) is 13.2 Å². The van der Waals surface area contributed by atoms with Crippen molar-refractivity contribution in [3.63, 3.8) is 0 Å². The van der Waals surface area contributed by atoms with Gasteiger partial charge in [-0.25, -0.2) is 4.79 Å². The van der Waals surface area contributed by atoms with Crippen molar-refractivity contribution < 1.29 is 13.2 Å². The van der Waals surface area contributed by atoms with Gasteiger partial charge in [-0.15, -0.1) is 10.2 Å². The molecule has 0 saturated heterocycles. The van der Waals surface area contributed by atoms with Gasteiger partial charge in [0.25, 0.3) is 0 Å². The molecule has 0 spiro atoms. The number of benzene rings is 1. The van der Waals surface area contributed by atoms with Crippen molar-refractivity contribution in [3.8, 4) is 5.69 Å². The Morgan fingerprint density at radius 3 is 2.59 bits per heavy atom. The molecule has 3 heterocycles. The van der Waals surface area contributed by atoms with Gasteiger partial charge in [0, 0.05) is 25.4 Å². The Morgan fingerprint density at radius 2 is 1.97 bits per heavy atom. The van der Waals surface area contributed by atoms with Gasteiger partial charge in [-0.3, -0.25) is 8.97 Å². The second kappa shape index (κ2) is 7.39. The highest BCUT2D eigenvalue weighted by Crippen LogP contribution is 2.42. The van der Waals surface area contributed by atoms with Gasteiger partial charge < -0.3 is 4.57 Å². The quantitative estimate of drug-likeness (QED) is 0.462. The second-order valence-electron chi connectivity index (χ2n) is 8.29. The van der Waals surface area contributed by atoms with Crippen LogP contribution in [0.1, 0.15) is 42.1 Å². The van der Waals surface area contributed by atoms with E-state index in [-0.39, 0.29) is 16.9 Å². The molecule has 5 rings (SSSR count). The van der Waals surface area contributed by atoms with Gasteiger partial charge in [-0.05, 0) is 36.5 Å². The topological polar surface area (TPSA) is 57.1 Å². The molecule has 1 atom stereocenters. The molecule has 1 saturated carbocycles. The van der Waals surface area contributed by atoms with Gasteiger partial charge in [-0.1, -0.05) is 30.1 Å². The van der Waals surface area contributed by atoms with Crippen LogP contribution in [0.3, 0.4) is 0 Å². The normalized spacial score (nSPS) is 15.8. The molecule has 4 aromatic rings. The van der Waals surface area contributed by atoms with E-state index in [0.29, 0.717) is 11.6 Å². The summed E-state index contributed by atoms with van der Waals surface area (Å²) in [5.41, 5.74) is -0.517. The van der Waals surface area contributed by atoms with Crippen molar-refractivity contribution in [1.29, 1.82) is 0 Å². The second-order valence-corrected chi connectivity index (χ2v) is 8.29. The van der Waals surface area contributed by atoms with Gasteiger partial charge in [0.05, 0.1) is 16.8 Å². The Bertz CT molecular complexity index is 1370. The largest absolute Gasteiger partial charge is 0.418 e. The van der Waals surface area contributed by atoms with Crippen LogP contribution in [0.4, 0.5) is 13.2 Å². The lowest BCUT2D eigenvalue weighted by molar-refractivity contribution is -0.136. The molecular formula is C22H19BF3N5O. The smallest absolute Gasteiger partial charge is 0.320 e. The first-order chi connectivity index (χ1) is 15.2. The average Bonchev–Trinajstić information content (AvgIpc) is 3.27. The van der Waals surface area contributed by atoms with E-state index < -0.39 is 17.4 Å². The Morgan fingerprint density at radius 1 is 1.19 bits per heavy atom. The fraction of sp³-hybridized carbons (Fsp3) is 0.318. The maximum Gasteiger partial charge on any atom is 0.418 e. The van der Waals surface area contributed by atoms with E-state index in [0.717, 1.165) is 41.1 Å². The number of nitrogens with zero attached hydrogens (tertiary/aromatic N) is 5. The first-order valence-corrected chi connectivity index (χ1v) is 10.3. The van der Waals surface area contributed by atoms with E-state index >= 15 is 0 Å². The highest BCUT2D eigenvalue weighted by molar-refractivity contribution is 6.32. The summed E-state index contributed by atoms with van der Waals surface area (Å²) in [5.74, 6) is 1.22. The molecule has 6 nitrogen and oxygen atoms in total. The number of aryl methyl sites for hydroxylation is 1. The molecule has 1 aliphatic rings. The van der Waals surface area contributed by atoms with Crippen LogP contribution in [0.25, 0.3) is 11.2 Å². The van der Waals surface area contributed by atoms with E-state index in [9.17, 15) is 18.0 Å². The molecule has 10 heteroatoms. The summed E-state index contributed by atoms with van der Waals surface area (Å²) < 4.78 is 44.7. The minimum absolute atomic E-state index is 0.00897. The van der Waals surface area contributed by atoms with Crippen LogP contribution in [-0.4, -0.2) is 31.6 Å². The molecule has 0 unspecified atom stereocenters. The van der Waals surface area contributed by atoms with Crippen LogP contribution in [0.5, 0.6) is 0 Å². The molecule has 162 valence electrons. The molecular weight excluding hydrogens is 418 g/mol. The molecule has 0 aliphatic heterocycles. The first-order valence-electron chi connectivity index (χ1n) is 10.3. The van der Waals surface area contributed by atoms with Crippen LogP contribution >= 0.6 is 0 Å². The summed E-state index contributed by atoms with van der Waals surface area (Å²) in [6.07, 6.45) is 2.71. The van der Waals surface area contributed by atoms with E-state index in [1.807, 2.05) is 23.7 Å². The molecule has 32 heavy (non-hydrogen) atoms. The van der Waals surface area contributed by atoms with Crippen molar-refractivity contribution in [3.05, 3.63) is 76.5 Å². The van der Waals surface area contributed by atoms with E-state index in [2.05, 4.69) is 10.2 Å². The third-order valence-corrected chi connectivity index (χ3v) is 6.25. The SMILES string of the molecule is [B]c1cc(C(F)(F)F)c2cn(-c3cccc([C@H](c4nncn4C)C4CCC4)c3)c(=O)n2c1. The Labute approximate surface area is 182 Å². The molecule has 1 fully saturated rings. The summed E-state index contributed by atoms with van der Waals surface area (Å²) in [5, 5.41) is 8.31. The van der Waals surface area contributed by atoms with Gasteiger partial charge in [0.15, 0.2) is 0 Å². The monoisotopic (exact) mass is 437 g/mol. The van der Waals surface area contributed by atoms with E-state index in [1.54, 1.807) is 18.5 Å². The number of rotatable bonds is 4. The Hall–Kier alpha value is -3.30. The summed E-state index contributed by atoms with van der Waals surface area (Å²) in [6, 6.07) is 8.16. The van der Waals surface area contributed by atoms with Crippen molar-refractivity contribution in [2.75, 3.05) is 0 Å². The minimum atomic E-state index is -4.64. The number of fused-ring (bicyclic) bond motifs is 1. The average molecular weight is 437 g/mol. The summed E-state index contributed by atoms with van der Waals surface area (Å²) in [7, 11) is 7.53. The molecule has 1 aliphatic carbocycles. The lowest BCUT2D eigenvalue weighted by atomic mass is 9.72. The maximum atomic E-state index is 13.5. The molecule has 0 bridgehead atoms. The maximum absolute atomic E-state index is 13.5. The third kappa shape index (κ3) is 3.34. The zero-order valence-electron chi connectivity index (χ0n) is 17.3. The van der Waals surface area contributed by atoms with Crippen LogP contribution in [0.15, 0.2) is 53.8 Å². The lowest BCUT2D eigenvalue weighted by Crippen LogP contribution is -2.24. The zero-order valence-corrected chi connectivity index (χ0v) is 17.3. The van der Waals surface area contributed by atoms with Crippen molar-refractivity contribution >= 4 is 18.8 Å². The number of pyridine rings is 1. The highest BCUT2D eigenvalue weighted by atomic mass is 19.4. The molecule has 0 amide bonds. The van der Waals surface area contributed by atoms with Crippen LogP contribution in [0, 0.1) is 5.92 Å². The summed E-state index contributed by atoms with van der Waals surface area (Å²) in [4.78, 5) is 13.0. The van der Waals surface area contributed by atoms with Crippen molar-refractivity contribution in [2.24, 2.45) is 13.0 Å². The van der Waals surface area contributed by atoms with Crippen molar-refractivity contribution in [1.82, 2.24) is 23.7 Å². The number of alkyl halides is 3. The number of imidazole rings is 1. The number of aromatic nitrogens is 5. The third-order valence-electron chi connectivity index (χ3n) is 6.25. The van der Waals surface area contributed by atoms with Gasteiger partial charge >= 0.3 is 11.9 Å². The molecule has 0 N–H and O–H groups in total. The van der Waals surface area contributed by atoms with E-state index in [1.165, 1.54) is 17.0 Å². The highest BCUT2D eigenvalue weighted by Gasteiger charge is 2.35. The van der Waals surface area contributed by atoms with Crippen LogP contribution < -0.4 is 11.2 Å². The summed E-state index contributed by atoms with van der Waals surface area (Å²) >= 11 is 0. The zero-order chi connectivity index (χ0) is 22.6. The van der Waals surface area contributed by atoms with E-state index in [4.69, 9.17) is 7.85 Å². The fourth-order valence-corrected chi connectivity index (χ4v) is 4.47. The van der Waals surface area contributed by atoms with Crippen LogP contribution in [0.2, 0.25) is 0 Å². The standard InChI is InChI=1S/C22H19BF3N5O/c1-29-12-27-28-20(29)19(13-4-2-5-13)14-6-3-7-16(8-14)30-11-18-17(22(24,25)26)9-15(23)10-31(18)21(30)32/h3,6-13,19H,2,4-5H2,1H3/t19-/m1/s1. The number of halogens is 3. The molecule has 1 aromatic carbocycles. The minimum Gasteiger partial charge on any atom is -0.320 e. The number of hydrogen-bond donors (Lipinski definition) is 0.